The summed E-state index contributed by atoms with van der Waals surface area (Å²) in [6.45, 7) is 4.48. The molecule has 12 heavy (non-hydrogen) atoms. The van der Waals surface area contributed by atoms with Gasteiger partial charge in [-0.05, 0) is 24.3 Å². The van der Waals surface area contributed by atoms with E-state index in [2.05, 4.69) is 24.0 Å². The first-order chi connectivity index (χ1) is 5.88. The predicted molar refractivity (Wildman–Crippen MR) is 51.1 cm³/mol. The average Bonchev–Trinajstić information content (AvgIpc) is 2.56. The predicted octanol–water partition coefficient (Wildman–Crippen LogP) is 3.09. The van der Waals surface area contributed by atoms with E-state index in [1.54, 1.807) is 0 Å². The molecule has 0 aliphatic rings. The van der Waals surface area contributed by atoms with Crippen LogP contribution in [0.3, 0.4) is 0 Å². The first-order valence-corrected chi connectivity index (χ1v) is 4.87. The molecule has 2 heteroatoms. The van der Waals surface area contributed by atoms with Crippen molar-refractivity contribution in [3.05, 3.63) is 18.0 Å². The van der Waals surface area contributed by atoms with Crippen molar-refractivity contribution in [1.29, 1.82) is 0 Å². The normalized spacial score (nSPS) is 10.9. The van der Waals surface area contributed by atoms with Gasteiger partial charge in [0.1, 0.15) is 0 Å². The van der Waals surface area contributed by atoms with Crippen LogP contribution in [0.2, 0.25) is 0 Å². The Labute approximate surface area is 74.4 Å². The van der Waals surface area contributed by atoms with E-state index < -0.39 is 0 Å². The monoisotopic (exact) mass is 166 g/mol. The number of nitrogens with zero attached hydrogens (tertiary/aromatic N) is 1. The van der Waals surface area contributed by atoms with Gasteiger partial charge >= 0.3 is 0 Å². The maximum absolute atomic E-state index is 3.98. The SMILES string of the molecule is CCCC(CCC)c1cn[nH]c1. The Morgan fingerprint density at radius 1 is 1.33 bits per heavy atom. The molecule has 1 N–H and O–H groups in total. The highest BCUT2D eigenvalue weighted by atomic mass is 15.1. The third-order valence-electron chi connectivity index (χ3n) is 2.27. The van der Waals surface area contributed by atoms with Gasteiger partial charge in [0, 0.05) is 6.20 Å². The minimum Gasteiger partial charge on any atom is -0.285 e. The molecule has 0 bridgehead atoms. The maximum atomic E-state index is 3.98. The highest BCUT2D eigenvalue weighted by Gasteiger charge is 2.09. The number of nitrogens with one attached hydrogen (secondary N) is 1. The van der Waals surface area contributed by atoms with Crippen LogP contribution in [0.1, 0.15) is 51.0 Å². The molecule has 2 nitrogen and oxygen atoms in total. The molecule has 0 radical (unpaired) electrons. The highest BCUT2D eigenvalue weighted by molar-refractivity contribution is 5.09. The van der Waals surface area contributed by atoms with Crippen LogP contribution in [0, 0.1) is 0 Å². The lowest BCUT2D eigenvalue weighted by Crippen LogP contribution is -1.96. The van der Waals surface area contributed by atoms with Crippen molar-refractivity contribution in [3.8, 4) is 0 Å². The molecule has 68 valence electrons. The fourth-order valence-corrected chi connectivity index (χ4v) is 1.66. The number of aromatic amines is 1. The minimum atomic E-state index is 0.721. The molecule has 0 aromatic carbocycles. The maximum Gasteiger partial charge on any atom is 0.0522 e. The first kappa shape index (κ1) is 9.30. The van der Waals surface area contributed by atoms with Crippen LogP contribution < -0.4 is 0 Å². The summed E-state index contributed by atoms with van der Waals surface area (Å²) < 4.78 is 0. The summed E-state index contributed by atoms with van der Waals surface area (Å²) in [7, 11) is 0. The van der Waals surface area contributed by atoms with Crippen LogP contribution >= 0.6 is 0 Å². The molecular formula is C10H18N2. The molecule has 1 aromatic heterocycles. The number of aromatic nitrogens is 2. The zero-order chi connectivity index (χ0) is 8.81. The van der Waals surface area contributed by atoms with Crippen molar-refractivity contribution < 1.29 is 0 Å². The lowest BCUT2D eigenvalue weighted by molar-refractivity contribution is 0.561. The third-order valence-corrected chi connectivity index (χ3v) is 2.27. The zero-order valence-electron chi connectivity index (χ0n) is 8.01. The fraction of sp³-hybridized carbons (Fsp3) is 0.700. The smallest absolute Gasteiger partial charge is 0.0522 e. The summed E-state index contributed by atoms with van der Waals surface area (Å²) in [5, 5.41) is 6.86. The fourth-order valence-electron chi connectivity index (χ4n) is 1.66. The van der Waals surface area contributed by atoms with E-state index in [0.29, 0.717) is 0 Å². The summed E-state index contributed by atoms with van der Waals surface area (Å²) in [4.78, 5) is 0. The molecule has 0 saturated carbocycles. The van der Waals surface area contributed by atoms with Gasteiger partial charge in [-0.2, -0.15) is 5.10 Å². The van der Waals surface area contributed by atoms with Gasteiger partial charge < -0.3 is 0 Å². The topological polar surface area (TPSA) is 28.7 Å². The van der Waals surface area contributed by atoms with E-state index in [9.17, 15) is 0 Å². The molecule has 1 heterocycles. The van der Waals surface area contributed by atoms with Crippen molar-refractivity contribution in [1.82, 2.24) is 10.2 Å². The van der Waals surface area contributed by atoms with E-state index in [4.69, 9.17) is 0 Å². The molecule has 0 amide bonds. The Hall–Kier alpha value is -0.790. The number of rotatable bonds is 5. The first-order valence-electron chi connectivity index (χ1n) is 4.87. The third kappa shape index (κ3) is 2.36. The Bertz CT molecular complexity index is 186. The Morgan fingerprint density at radius 3 is 2.42 bits per heavy atom. The van der Waals surface area contributed by atoms with Gasteiger partial charge in [-0.25, -0.2) is 0 Å². The van der Waals surface area contributed by atoms with Crippen LogP contribution in [0.4, 0.5) is 0 Å². The van der Waals surface area contributed by atoms with Crippen LogP contribution in [-0.4, -0.2) is 10.2 Å². The van der Waals surface area contributed by atoms with Gasteiger partial charge in [0.15, 0.2) is 0 Å². The summed E-state index contributed by atoms with van der Waals surface area (Å²) in [6.07, 6.45) is 9.07. The van der Waals surface area contributed by atoms with E-state index >= 15 is 0 Å². The van der Waals surface area contributed by atoms with Crippen molar-refractivity contribution in [2.75, 3.05) is 0 Å². The van der Waals surface area contributed by atoms with E-state index in [1.165, 1.54) is 31.2 Å². The molecular weight excluding hydrogens is 148 g/mol. The van der Waals surface area contributed by atoms with Crippen molar-refractivity contribution in [2.45, 2.75) is 45.4 Å². The van der Waals surface area contributed by atoms with Gasteiger partial charge in [-0.3, -0.25) is 5.10 Å². The molecule has 0 spiro atoms. The summed E-state index contributed by atoms with van der Waals surface area (Å²) in [5.74, 6) is 0.721. The van der Waals surface area contributed by atoms with E-state index in [0.717, 1.165) is 5.92 Å². The van der Waals surface area contributed by atoms with Gasteiger partial charge in [0.25, 0.3) is 0 Å². The van der Waals surface area contributed by atoms with Crippen molar-refractivity contribution in [2.24, 2.45) is 0 Å². The zero-order valence-corrected chi connectivity index (χ0v) is 8.01. The largest absolute Gasteiger partial charge is 0.285 e. The quantitative estimate of drug-likeness (QED) is 0.715. The summed E-state index contributed by atoms with van der Waals surface area (Å²) in [5.41, 5.74) is 1.37. The second kappa shape index (κ2) is 4.96. The average molecular weight is 166 g/mol. The second-order valence-corrected chi connectivity index (χ2v) is 3.31. The molecule has 0 fully saturated rings. The van der Waals surface area contributed by atoms with Gasteiger partial charge in [-0.15, -0.1) is 0 Å². The summed E-state index contributed by atoms with van der Waals surface area (Å²) >= 11 is 0. The highest BCUT2D eigenvalue weighted by Crippen LogP contribution is 2.24. The molecule has 1 rings (SSSR count). The number of hydrogen-bond donors (Lipinski definition) is 1. The lowest BCUT2D eigenvalue weighted by Gasteiger charge is -2.12. The summed E-state index contributed by atoms with van der Waals surface area (Å²) in [6, 6.07) is 0. The van der Waals surface area contributed by atoms with Crippen LogP contribution in [0.15, 0.2) is 12.4 Å². The molecule has 0 unspecified atom stereocenters. The van der Waals surface area contributed by atoms with Gasteiger partial charge in [-0.1, -0.05) is 26.7 Å². The van der Waals surface area contributed by atoms with Crippen LogP contribution in [-0.2, 0) is 0 Å². The number of H-pyrrole nitrogens is 1. The molecule has 0 saturated heterocycles. The Balaban J connectivity index is 2.53. The molecule has 0 aliphatic carbocycles. The number of hydrogen-bond acceptors (Lipinski definition) is 1. The van der Waals surface area contributed by atoms with Crippen LogP contribution in [0.25, 0.3) is 0 Å². The minimum absolute atomic E-state index is 0.721. The Morgan fingerprint density at radius 2 is 2.00 bits per heavy atom. The van der Waals surface area contributed by atoms with E-state index in [1.807, 2.05) is 12.4 Å². The molecule has 1 aromatic rings. The Kier molecular flexibility index (Phi) is 3.85. The van der Waals surface area contributed by atoms with Gasteiger partial charge in [0.2, 0.25) is 0 Å². The van der Waals surface area contributed by atoms with Crippen LogP contribution in [0.5, 0.6) is 0 Å². The van der Waals surface area contributed by atoms with Crippen molar-refractivity contribution in [3.63, 3.8) is 0 Å². The lowest BCUT2D eigenvalue weighted by atomic mass is 9.93. The van der Waals surface area contributed by atoms with E-state index in [-0.39, 0.29) is 0 Å². The second-order valence-electron chi connectivity index (χ2n) is 3.31. The van der Waals surface area contributed by atoms with Gasteiger partial charge in [0.05, 0.1) is 6.20 Å². The molecule has 0 aliphatic heterocycles. The van der Waals surface area contributed by atoms with Crippen molar-refractivity contribution >= 4 is 0 Å². The molecule has 0 atom stereocenters. The standard InChI is InChI=1S/C10H18N2/c1-3-5-9(6-4-2)10-7-11-12-8-10/h7-9H,3-6H2,1-2H3,(H,11,12).